The Bertz CT molecular complexity index is 447. The molecule has 0 aliphatic heterocycles. The topological polar surface area (TPSA) is 88.8 Å². The van der Waals surface area contributed by atoms with E-state index in [1.807, 2.05) is 0 Å². The number of nitrogens with one attached hydrogen (secondary N) is 1. The highest BCUT2D eigenvalue weighted by molar-refractivity contribution is 6.01. The van der Waals surface area contributed by atoms with Crippen molar-refractivity contribution in [2.75, 3.05) is 5.73 Å². The molecule has 2 rings (SSSR count). The van der Waals surface area contributed by atoms with Crippen molar-refractivity contribution in [3.8, 4) is 0 Å². The molecule has 5 heteroatoms. The maximum atomic E-state index is 12.1. The molecule has 3 N–H and O–H groups in total. The normalized spacial score (nSPS) is 17.2. The molecule has 0 unspecified atom stereocenters. The molecule has 1 fully saturated rings. The van der Waals surface area contributed by atoms with Crippen molar-refractivity contribution >= 4 is 11.6 Å². The first kappa shape index (κ1) is 10.9. The van der Waals surface area contributed by atoms with Gasteiger partial charge in [0.2, 0.25) is 0 Å². The minimum atomic E-state index is -0.516. The summed E-state index contributed by atoms with van der Waals surface area (Å²) in [5.74, 6) is 0.195. The van der Waals surface area contributed by atoms with Crippen molar-refractivity contribution in [1.29, 1.82) is 0 Å². The van der Waals surface area contributed by atoms with Crippen LogP contribution in [0.4, 0.5) is 5.82 Å². The number of anilines is 1. The van der Waals surface area contributed by atoms with Crippen LogP contribution in [0.1, 0.15) is 42.5 Å². The molecule has 0 aromatic carbocycles. The molecule has 1 aliphatic carbocycles. The number of H-pyrrole nitrogens is 1. The number of nitrogens with zero attached hydrogens (tertiary/aromatic N) is 1. The zero-order valence-electron chi connectivity index (χ0n) is 9.03. The Morgan fingerprint density at radius 2 is 2.06 bits per heavy atom. The molecule has 1 aliphatic rings. The SMILES string of the molecule is Nc1[nH]c(=O)ncc1C(=O)C1CCCCC1. The van der Waals surface area contributed by atoms with Crippen molar-refractivity contribution < 1.29 is 4.79 Å². The minimum absolute atomic E-state index is 0.0148. The molecule has 0 spiro atoms. The van der Waals surface area contributed by atoms with Gasteiger partial charge in [-0.1, -0.05) is 19.3 Å². The molecule has 0 radical (unpaired) electrons. The second-order valence-electron chi connectivity index (χ2n) is 4.21. The van der Waals surface area contributed by atoms with E-state index in [1.165, 1.54) is 12.6 Å². The van der Waals surface area contributed by atoms with Crippen LogP contribution < -0.4 is 11.4 Å². The number of aromatic nitrogens is 2. The summed E-state index contributed by atoms with van der Waals surface area (Å²) in [5.41, 5.74) is 5.45. The highest BCUT2D eigenvalue weighted by Gasteiger charge is 2.24. The quantitative estimate of drug-likeness (QED) is 0.732. The zero-order valence-corrected chi connectivity index (χ0v) is 9.03. The lowest BCUT2D eigenvalue weighted by molar-refractivity contribution is 0.0890. The number of carbonyl (C=O) groups excluding carboxylic acids is 1. The largest absolute Gasteiger partial charge is 0.384 e. The Balaban J connectivity index is 2.22. The predicted octanol–water partition coefficient (Wildman–Crippen LogP) is 1.12. The van der Waals surface area contributed by atoms with Gasteiger partial charge in [0.05, 0.1) is 5.56 Å². The Morgan fingerprint density at radius 3 is 2.69 bits per heavy atom. The van der Waals surface area contributed by atoms with Crippen LogP contribution in [0.15, 0.2) is 11.0 Å². The number of hydrogen-bond acceptors (Lipinski definition) is 4. The van der Waals surface area contributed by atoms with Gasteiger partial charge in [-0.05, 0) is 12.8 Å². The van der Waals surface area contributed by atoms with Gasteiger partial charge in [-0.15, -0.1) is 0 Å². The Labute approximate surface area is 93.1 Å². The number of hydrogen-bond donors (Lipinski definition) is 2. The van der Waals surface area contributed by atoms with Crippen LogP contribution in [0.3, 0.4) is 0 Å². The van der Waals surface area contributed by atoms with E-state index in [4.69, 9.17) is 5.73 Å². The van der Waals surface area contributed by atoms with Crippen LogP contribution in [-0.2, 0) is 0 Å². The van der Waals surface area contributed by atoms with Crippen molar-refractivity contribution in [2.45, 2.75) is 32.1 Å². The van der Waals surface area contributed by atoms with E-state index in [0.29, 0.717) is 5.56 Å². The van der Waals surface area contributed by atoms with Gasteiger partial charge in [-0.25, -0.2) is 9.78 Å². The molecular weight excluding hydrogens is 206 g/mol. The van der Waals surface area contributed by atoms with E-state index < -0.39 is 5.69 Å². The fourth-order valence-corrected chi connectivity index (χ4v) is 2.19. The summed E-state index contributed by atoms with van der Waals surface area (Å²) < 4.78 is 0. The molecule has 1 saturated carbocycles. The van der Waals surface area contributed by atoms with Gasteiger partial charge in [-0.2, -0.15) is 0 Å². The summed E-state index contributed by atoms with van der Waals surface area (Å²) in [6, 6.07) is 0. The van der Waals surface area contributed by atoms with Gasteiger partial charge in [0.1, 0.15) is 5.82 Å². The summed E-state index contributed by atoms with van der Waals surface area (Å²) in [7, 11) is 0. The molecule has 1 heterocycles. The Kier molecular flexibility index (Phi) is 3.03. The molecule has 86 valence electrons. The predicted molar refractivity (Wildman–Crippen MR) is 60.2 cm³/mol. The third kappa shape index (κ3) is 2.13. The van der Waals surface area contributed by atoms with Gasteiger partial charge < -0.3 is 5.73 Å². The lowest BCUT2D eigenvalue weighted by Gasteiger charge is -2.20. The first-order chi connectivity index (χ1) is 7.68. The van der Waals surface area contributed by atoms with Gasteiger partial charge in [0.25, 0.3) is 0 Å². The van der Waals surface area contributed by atoms with E-state index in [9.17, 15) is 9.59 Å². The average molecular weight is 221 g/mol. The smallest absolute Gasteiger partial charge is 0.346 e. The summed E-state index contributed by atoms with van der Waals surface area (Å²) in [6.45, 7) is 0. The van der Waals surface area contributed by atoms with Crippen molar-refractivity contribution in [3.05, 3.63) is 22.2 Å². The van der Waals surface area contributed by atoms with Gasteiger partial charge in [0.15, 0.2) is 5.78 Å². The molecule has 0 saturated heterocycles. The fourth-order valence-electron chi connectivity index (χ4n) is 2.19. The number of rotatable bonds is 2. The lowest BCUT2D eigenvalue weighted by atomic mass is 9.84. The Morgan fingerprint density at radius 1 is 1.38 bits per heavy atom. The number of nitrogen functional groups attached to an aromatic ring is 1. The number of ketones is 1. The molecule has 1 aromatic rings. The lowest BCUT2D eigenvalue weighted by Crippen LogP contribution is -2.22. The fraction of sp³-hybridized carbons (Fsp3) is 0.545. The van der Waals surface area contributed by atoms with Crippen LogP contribution >= 0.6 is 0 Å². The minimum Gasteiger partial charge on any atom is -0.384 e. The van der Waals surface area contributed by atoms with Crippen LogP contribution in [0.5, 0.6) is 0 Å². The highest BCUT2D eigenvalue weighted by Crippen LogP contribution is 2.27. The van der Waals surface area contributed by atoms with Gasteiger partial charge >= 0.3 is 5.69 Å². The third-order valence-electron chi connectivity index (χ3n) is 3.08. The molecule has 16 heavy (non-hydrogen) atoms. The maximum absolute atomic E-state index is 12.1. The van der Waals surface area contributed by atoms with Crippen LogP contribution in [0, 0.1) is 5.92 Å². The molecule has 0 bridgehead atoms. The first-order valence-electron chi connectivity index (χ1n) is 5.57. The van der Waals surface area contributed by atoms with Crippen LogP contribution in [0.2, 0.25) is 0 Å². The summed E-state index contributed by atoms with van der Waals surface area (Å²) in [5, 5.41) is 0. The number of Topliss-reactive ketones (excluding diaryl/α,β-unsaturated/α-hetero) is 1. The number of carbonyl (C=O) groups is 1. The molecular formula is C11H15N3O2. The average Bonchev–Trinajstić information content (AvgIpc) is 2.29. The van der Waals surface area contributed by atoms with Gasteiger partial charge in [-0.3, -0.25) is 9.78 Å². The molecule has 1 aromatic heterocycles. The molecule has 0 amide bonds. The van der Waals surface area contributed by atoms with Crippen LogP contribution in [0.25, 0.3) is 0 Å². The van der Waals surface area contributed by atoms with Crippen molar-refractivity contribution in [1.82, 2.24) is 9.97 Å². The maximum Gasteiger partial charge on any atom is 0.346 e. The first-order valence-corrected chi connectivity index (χ1v) is 5.57. The number of aromatic amines is 1. The van der Waals surface area contributed by atoms with E-state index >= 15 is 0 Å². The van der Waals surface area contributed by atoms with E-state index in [1.54, 1.807) is 0 Å². The van der Waals surface area contributed by atoms with E-state index in [-0.39, 0.29) is 17.5 Å². The molecule has 5 nitrogen and oxygen atoms in total. The summed E-state index contributed by atoms with van der Waals surface area (Å²) in [6.07, 6.45) is 6.49. The molecule has 0 atom stereocenters. The monoisotopic (exact) mass is 221 g/mol. The zero-order chi connectivity index (χ0) is 11.5. The third-order valence-corrected chi connectivity index (χ3v) is 3.08. The standard InChI is InChI=1S/C11H15N3O2/c12-10-8(6-13-11(16)14-10)9(15)7-4-2-1-3-5-7/h6-7H,1-5H2,(H3,12,13,14,16). The second-order valence-corrected chi connectivity index (χ2v) is 4.21. The van der Waals surface area contributed by atoms with E-state index in [0.717, 1.165) is 25.7 Å². The van der Waals surface area contributed by atoms with Crippen molar-refractivity contribution in [3.63, 3.8) is 0 Å². The number of nitrogens with two attached hydrogens (primary N) is 1. The summed E-state index contributed by atoms with van der Waals surface area (Å²) in [4.78, 5) is 28.9. The van der Waals surface area contributed by atoms with Gasteiger partial charge in [0, 0.05) is 12.1 Å². The van der Waals surface area contributed by atoms with Crippen LogP contribution in [-0.4, -0.2) is 15.8 Å². The van der Waals surface area contributed by atoms with E-state index in [2.05, 4.69) is 9.97 Å². The second kappa shape index (κ2) is 4.47. The van der Waals surface area contributed by atoms with Crippen molar-refractivity contribution in [2.24, 2.45) is 5.92 Å². The highest BCUT2D eigenvalue weighted by atomic mass is 16.1. The Hall–Kier alpha value is -1.65. The summed E-state index contributed by atoms with van der Waals surface area (Å²) >= 11 is 0.